The van der Waals surface area contributed by atoms with E-state index in [-0.39, 0.29) is 0 Å². The number of fused-ring (bicyclic) bond motifs is 1. The van der Waals surface area contributed by atoms with Gasteiger partial charge < -0.3 is 10.2 Å². The van der Waals surface area contributed by atoms with Gasteiger partial charge in [0.25, 0.3) is 0 Å². The van der Waals surface area contributed by atoms with Crippen LogP contribution in [0, 0.1) is 0 Å². The molecule has 3 heteroatoms. The van der Waals surface area contributed by atoms with Crippen LogP contribution in [0.2, 0.25) is 0 Å². The molecule has 3 nitrogen and oxygen atoms in total. The standard InChI is InChI=1S/C18H27N3/c1-2-7-18(15(5-1)13-19-16-8-9-16)21-12-4-11-20-10-3-6-17(20)14-21/h1-2,5,7,16-17,19H,3-4,6,8-14H2. The number of para-hydroxylation sites is 1. The van der Waals surface area contributed by atoms with E-state index in [1.54, 1.807) is 0 Å². The van der Waals surface area contributed by atoms with Crippen LogP contribution in [-0.4, -0.2) is 43.2 Å². The molecule has 1 saturated carbocycles. The molecule has 21 heavy (non-hydrogen) atoms. The van der Waals surface area contributed by atoms with Gasteiger partial charge in [-0.3, -0.25) is 4.90 Å². The first-order valence-electron chi connectivity index (χ1n) is 8.70. The summed E-state index contributed by atoms with van der Waals surface area (Å²) < 4.78 is 0. The third-order valence-electron chi connectivity index (χ3n) is 5.29. The summed E-state index contributed by atoms with van der Waals surface area (Å²) >= 11 is 0. The smallest absolute Gasteiger partial charge is 0.0412 e. The molecule has 1 unspecified atom stereocenters. The van der Waals surface area contributed by atoms with Gasteiger partial charge in [-0.15, -0.1) is 0 Å². The first-order chi connectivity index (χ1) is 10.4. The zero-order chi connectivity index (χ0) is 14.1. The number of anilines is 1. The Kier molecular flexibility index (Phi) is 3.87. The molecule has 1 atom stereocenters. The van der Waals surface area contributed by atoms with Crippen LogP contribution in [0.4, 0.5) is 5.69 Å². The van der Waals surface area contributed by atoms with Crippen molar-refractivity contribution in [3.05, 3.63) is 29.8 Å². The van der Waals surface area contributed by atoms with Crippen molar-refractivity contribution in [1.82, 2.24) is 10.2 Å². The molecule has 0 spiro atoms. The van der Waals surface area contributed by atoms with Crippen LogP contribution in [0.15, 0.2) is 24.3 Å². The van der Waals surface area contributed by atoms with Crippen LogP contribution in [-0.2, 0) is 6.54 Å². The summed E-state index contributed by atoms with van der Waals surface area (Å²) in [6.45, 7) is 6.09. The fourth-order valence-electron chi connectivity index (χ4n) is 3.94. The average Bonchev–Trinajstić information content (AvgIpc) is 3.28. The molecule has 4 rings (SSSR count). The maximum atomic E-state index is 3.68. The third-order valence-corrected chi connectivity index (χ3v) is 5.29. The summed E-state index contributed by atoms with van der Waals surface area (Å²) in [7, 11) is 0. The summed E-state index contributed by atoms with van der Waals surface area (Å²) in [6, 6.07) is 10.6. The molecule has 0 aromatic heterocycles. The molecular formula is C18H27N3. The van der Waals surface area contributed by atoms with E-state index in [1.165, 1.54) is 69.5 Å². The monoisotopic (exact) mass is 285 g/mol. The van der Waals surface area contributed by atoms with Gasteiger partial charge in [-0.05, 0) is 50.3 Å². The molecular weight excluding hydrogens is 258 g/mol. The third kappa shape index (κ3) is 3.09. The zero-order valence-corrected chi connectivity index (χ0v) is 12.9. The molecule has 1 aromatic carbocycles. The van der Waals surface area contributed by atoms with E-state index in [2.05, 4.69) is 39.4 Å². The lowest BCUT2D eigenvalue weighted by molar-refractivity contribution is 0.273. The molecule has 1 aliphatic carbocycles. The van der Waals surface area contributed by atoms with Crippen molar-refractivity contribution >= 4 is 5.69 Å². The van der Waals surface area contributed by atoms with Crippen molar-refractivity contribution in [3.8, 4) is 0 Å². The zero-order valence-electron chi connectivity index (χ0n) is 12.9. The van der Waals surface area contributed by atoms with E-state index in [0.717, 1.165) is 18.6 Å². The Labute approximate surface area is 128 Å². The van der Waals surface area contributed by atoms with Gasteiger partial charge in [0.05, 0.1) is 0 Å². The van der Waals surface area contributed by atoms with Gasteiger partial charge in [0, 0.05) is 44.0 Å². The predicted molar refractivity (Wildman–Crippen MR) is 87.7 cm³/mol. The van der Waals surface area contributed by atoms with Gasteiger partial charge in [0.15, 0.2) is 0 Å². The quantitative estimate of drug-likeness (QED) is 0.917. The van der Waals surface area contributed by atoms with Crippen molar-refractivity contribution in [3.63, 3.8) is 0 Å². The number of benzene rings is 1. The van der Waals surface area contributed by atoms with E-state index < -0.39 is 0 Å². The van der Waals surface area contributed by atoms with Crippen molar-refractivity contribution in [2.45, 2.75) is 50.7 Å². The highest BCUT2D eigenvalue weighted by atomic mass is 15.3. The Morgan fingerprint density at radius 1 is 1.00 bits per heavy atom. The molecule has 0 amide bonds. The van der Waals surface area contributed by atoms with Crippen LogP contribution in [0.1, 0.15) is 37.7 Å². The number of nitrogens with one attached hydrogen (secondary N) is 1. The maximum absolute atomic E-state index is 3.68. The highest BCUT2D eigenvalue weighted by Crippen LogP contribution is 2.28. The molecule has 2 saturated heterocycles. The van der Waals surface area contributed by atoms with Crippen LogP contribution >= 0.6 is 0 Å². The van der Waals surface area contributed by atoms with Gasteiger partial charge in [0.2, 0.25) is 0 Å². The molecule has 114 valence electrons. The summed E-state index contributed by atoms with van der Waals surface area (Å²) in [4.78, 5) is 5.37. The second-order valence-electron chi connectivity index (χ2n) is 6.92. The lowest BCUT2D eigenvalue weighted by Crippen LogP contribution is -2.37. The minimum Gasteiger partial charge on any atom is -0.370 e. The summed E-state index contributed by atoms with van der Waals surface area (Å²) in [5, 5.41) is 3.68. The molecule has 3 fully saturated rings. The number of hydrogen-bond acceptors (Lipinski definition) is 3. The number of nitrogens with zero attached hydrogens (tertiary/aromatic N) is 2. The number of rotatable bonds is 4. The van der Waals surface area contributed by atoms with E-state index in [9.17, 15) is 0 Å². The van der Waals surface area contributed by atoms with Gasteiger partial charge in [0.1, 0.15) is 0 Å². The minimum absolute atomic E-state index is 0.785. The first-order valence-corrected chi connectivity index (χ1v) is 8.70. The second-order valence-corrected chi connectivity index (χ2v) is 6.92. The fraction of sp³-hybridized carbons (Fsp3) is 0.667. The topological polar surface area (TPSA) is 18.5 Å². The molecule has 1 N–H and O–H groups in total. The van der Waals surface area contributed by atoms with E-state index in [4.69, 9.17) is 0 Å². The Balaban J connectivity index is 1.50. The second kappa shape index (κ2) is 5.98. The van der Waals surface area contributed by atoms with Crippen LogP contribution in [0.25, 0.3) is 0 Å². The molecule has 0 bridgehead atoms. The van der Waals surface area contributed by atoms with E-state index in [0.29, 0.717) is 0 Å². The highest BCUT2D eigenvalue weighted by molar-refractivity contribution is 5.54. The van der Waals surface area contributed by atoms with Gasteiger partial charge in [-0.25, -0.2) is 0 Å². The normalized spacial score (nSPS) is 26.7. The molecule has 0 radical (unpaired) electrons. The molecule has 1 aromatic rings. The van der Waals surface area contributed by atoms with Gasteiger partial charge in [-0.1, -0.05) is 18.2 Å². The van der Waals surface area contributed by atoms with Crippen molar-refractivity contribution in [2.75, 3.05) is 31.1 Å². The number of hydrogen-bond donors (Lipinski definition) is 1. The Morgan fingerprint density at radius 2 is 1.86 bits per heavy atom. The van der Waals surface area contributed by atoms with Gasteiger partial charge >= 0.3 is 0 Å². The highest BCUT2D eigenvalue weighted by Gasteiger charge is 2.29. The Morgan fingerprint density at radius 3 is 2.76 bits per heavy atom. The first kappa shape index (κ1) is 13.6. The minimum atomic E-state index is 0.785. The Bertz CT molecular complexity index is 483. The lowest BCUT2D eigenvalue weighted by Gasteiger charge is -2.29. The molecule has 3 aliphatic rings. The summed E-state index contributed by atoms with van der Waals surface area (Å²) in [6.07, 6.45) is 6.81. The Hall–Kier alpha value is -1.06. The van der Waals surface area contributed by atoms with Crippen LogP contribution in [0.5, 0.6) is 0 Å². The summed E-state index contributed by atoms with van der Waals surface area (Å²) in [5.41, 5.74) is 2.95. The van der Waals surface area contributed by atoms with Crippen molar-refractivity contribution < 1.29 is 0 Å². The van der Waals surface area contributed by atoms with E-state index in [1.807, 2.05) is 0 Å². The van der Waals surface area contributed by atoms with Crippen LogP contribution < -0.4 is 10.2 Å². The SMILES string of the molecule is c1ccc(N2CCCN3CCCC3C2)c(CNC2CC2)c1. The predicted octanol–water partition coefficient (Wildman–Crippen LogP) is 2.61. The van der Waals surface area contributed by atoms with Crippen LogP contribution in [0.3, 0.4) is 0 Å². The summed E-state index contributed by atoms with van der Waals surface area (Å²) in [5.74, 6) is 0. The fourth-order valence-corrected chi connectivity index (χ4v) is 3.94. The van der Waals surface area contributed by atoms with Crippen molar-refractivity contribution in [2.24, 2.45) is 0 Å². The molecule has 2 aliphatic heterocycles. The van der Waals surface area contributed by atoms with Gasteiger partial charge in [-0.2, -0.15) is 0 Å². The largest absolute Gasteiger partial charge is 0.370 e. The van der Waals surface area contributed by atoms with Crippen molar-refractivity contribution in [1.29, 1.82) is 0 Å². The van der Waals surface area contributed by atoms with E-state index >= 15 is 0 Å². The molecule has 2 heterocycles. The maximum Gasteiger partial charge on any atom is 0.0412 e. The average molecular weight is 285 g/mol. The lowest BCUT2D eigenvalue weighted by atomic mass is 10.1.